The average Bonchev–Trinajstić information content (AvgIpc) is 3.19. The number of alkyl halides is 1. The van der Waals surface area contributed by atoms with Gasteiger partial charge in [0.25, 0.3) is 0 Å². The van der Waals surface area contributed by atoms with Gasteiger partial charge in [-0.1, -0.05) is 22.6 Å². The van der Waals surface area contributed by atoms with Crippen LogP contribution >= 0.6 is 22.6 Å². The van der Waals surface area contributed by atoms with E-state index in [1.165, 1.54) is 0 Å². The van der Waals surface area contributed by atoms with Crippen LogP contribution in [0.2, 0.25) is 0 Å². The second kappa shape index (κ2) is 10.4. The lowest BCUT2D eigenvalue weighted by Gasteiger charge is -2.31. The molecule has 3 saturated heterocycles. The van der Waals surface area contributed by atoms with Gasteiger partial charge in [0.15, 0.2) is 11.6 Å². The number of aliphatic hydroxyl groups excluding tert-OH is 1. The summed E-state index contributed by atoms with van der Waals surface area (Å²) < 4.78 is 31.1. The summed E-state index contributed by atoms with van der Waals surface area (Å²) in [4.78, 5) is 0. The summed E-state index contributed by atoms with van der Waals surface area (Å²) in [6, 6.07) is 0. The smallest absolute Gasteiger partial charge is 0.163 e. The van der Waals surface area contributed by atoms with Gasteiger partial charge in [0.1, 0.15) is 0 Å². The minimum Gasteiger partial charge on any atom is -0.396 e. The quantitative estimate of drug-likeness (QED) is 0.375. The van der Waals surface area contributed by atoms with Crippen molar-refractivity contribution in [2.75, 3.05) is 13.2 Å². The molecule has 7 heteroatoms. The van der Waals surface area contributed by atoms with E-state index in [1.54, 1.807) is 0 Å². The highest BCUT2D eigenvalue weighted by molar-refractivity contribution is 14.1. The van der Waals surface area contributed by atoms with Crippen molar-refractivity contribution in [3.05, 3.63) is 0 Å². The van der Waals surface area contributed by atoms with Gasteiger partial charge in [0.2, 0.25) is 0 Å². The lowest BCUT2D eigenvalue weighted by atomic mass is 10.0. The summed E-state index contributed by atoms with van der Waals surface area (Å²) in [7, 11) is 0. The first-order chi connectivity index (χ1) is 13.7. The Bertz CT molecular complexity index is 514. The highest BCUT2D eigenvalue weighted by Gasteiger charge is 2.42. The molecule has 0 radical (unpaired) electrons. The van der Waals surface area contributed by atoms with Gasteiger partial charge in [0.05, 0.1) is 37.1 Å². The molecule has 3 heterocycles. The van der Waals surface area contributed by atoms with Crippen molar-refractivity contribution >= 4 is 22.6 Å². The summed E-state index contributed by atoms with van der Waals surface area (Å²) in [6.45, 7) is 8.90. The van der Waals surface area contributed by atoms with E-state index in [4.69, 9.17) is 28.8 Å². The molecular weight excluding hydrogens is 487 g/mol. The molecule has 0 aromatic carbocycles. The fraction of sp³-hybridized carbons (Fsp3) is 1.00. The molecule has 3 rings (SSSR count). The summed E-state index contributed by atoms with van der Waals surface area (Å²) in [5, 5.41) is 9.15. The normalized spacial score (nSPS) is 38.1. The van der Waals surface area contributed by atoms with Gasteiger partial charge in [-0.15, -0.1) is 0 Å². The molecule has 3 aliphatic heterocycles. The monoisotopic (exact) mass is 526 g/mol. The van der Waals surface area contributed by atoms with Crippen molar-refractivity contribution in [1.29, 1.82) is 0 Å². The molecule has 0 bridgehead atoms. The first-order valence-electron chi connectivity index (χ1n) is 11.3. The SMILES string of the molecule is CC1(C)OCCC[C@H]([C@H]2CC[C@H]([C@H](I)CC[C@H]3OC(C)(C)O[C@@H]3CCCO)O2)O1. The molecule has 0 aromatic heterocycles. The molecule has 6 nitrogen and oxygen atoms in total. The van der Waals surface area contributed by atoms with Crippen LogP contribution in [0.15, 0.2) is 0 Å². The van der Waals surface area contributed by atoms with Gasteiger partial charge >= 0.3 is 0 Å². The Labute approximate surface area is 189 Å². The predicted octanol–water partition coefficient (Wildman–Crippen LogP) is 4.34. The molecular formula is C22H39IO6. The van der Waals surface area contributed by atoms with Crippen LogP contribution in [0.25, 0.3) is 0 Å². The number of ether oxygens (including phenoxy) is 5. The van der Waals surface area contributed by atoms with Crippen LogP contribution in [0.4, 0.5) is 0 Å². The van der Waals surface area contributed by atoms with E-state index in [1.807, 2.05) is 27.7 Å². The van der Waals surface area contributed by atoms with E-state index >= 15 is 0 Å². The van der Waals surface area contributed by atoms with Gasteiger partial charge in [-0.25, -0.2) is 0 Å². The zero-order valence-corrected chi connectivity index (χ0v) is 20.6. The molecule has 1 N–H and O–H groups in total. The topological polar surface area (TPSA) is 66.4 Å². The van der Waals surface area contributed by atoms with Crippen LogP contribution in [0.5, 0.6) is 0 Å². The Morgan fingerprint density at radius 2 is 1.66 bits per heavy atom. The van der Waals surface area contributed by atoms with Crippen molar-refractivity contribution < 1.29 is 28.8 Å². The van der Waals surface area contributed by atoms with Gasteiger partial charge in [-0.3, -0.25) is 0 Å². The van der Waals surface area contributed by atoms with Crippen molar-refractivity contribution in [2.24, 2.45) is 0 Å². The highest BCUT2D eigenvalue weighted by atomic mass is 127. The number of hydrogen-bond acceptors (Lipinski definition) is 6. The fourth-order valence-corrected chi connectivity index (χ4v) is 5.64. The van der Waals surface area contributed by atoms with Crippen LogP contribution in [0.1, 0.15) is 79.1 Å². The Kier molecular flexibility index (Phi) is 8.66. The molecule has 29 heavy (non-hydrogen) atoms. The second-order valence-corrected chi connectivity index (χ2v) is 11.1. The molecule has 0 saturated carbocycles. The van der Waals surface area contributed by atoms with E-state index in [2.05, 4.69) is 22.6 Å². The molecule has 170 valence electrons. The third kappa shape index (κ3) is 6.99. The van der Waals surface area contributed by atoms with Gasteiger partial charge < -0.3 is 28.8 Å². The van der Waals surface area contributed by atoms with E-state index in [0.717, 1.165) is 58.0 Å². The van der Waals surface area contributed by atoms with Crippen molar-refractivity contribution in [2.45, 2.75) is 125 Å². The Morgan fingerprint density at radius 3 is 2.38 bits per heavy atom. The third-order valence-corrected chi connectivity index (χ3v) is 7.50. The van der Waals surface area contributed by atoms with Gasteiger partial charge in [-0.2, -0.15) is 0 Å². The highest BCUT2D eigenvalue weighted by Crippen LogP contribution is 2.37. The van der Waals surface area contributed by atoms with Crippen LogP contribution in [-0.2, 0) is 23.7 Å². The second-order valence-electron chi connectivity index (χ2n) is 9.51. The Morgan fingerprint density at radius 1 is 0.931 bits per heavy atom. The standard InChI is InChI=1S/C22H39IO6/c1-21(2)25-14-6-8-18(27-21)17-12-11-16(26-17)15(23)9-10-20-19(7-5-13-24)28-22(3,4)29-20/h15-20,24H,5-14H2,1-4H3/t15-,16-,17-,18-,19-,20-/m1/s1. The molecule has 0 unspecified atom stereocenters. The lowest BCUT2D eigenvalue weighted by Crippen LogP contribution is -2.38. The van der Waals surface area contributed by atoms with Crippen LogP contribution in [0, 0.1) is 0 Å². The largest absolute Gasteiger partial charge is 0.396 e. The maximum absolute atomic E-state index is 9.15. The van der Waals surface area contributed by atoms with Crippen LogP contribution in [0.3, 0.4) is 0 Å². The zero-order valence-electron chi connectivity index (χ0n) is 18.4. The zero-order chi connectivity index (χ0) is 21.1. The minimum atomic E-state index is -0.535. The van der Waals surface area contributed by atoms with E-state index in [0.29, 0.717) is 3.92 Å². The van der Waals surface area contributed by atoms with Crippen LogP contribution in [-0.4, -0.2) is 64.3 Å². The van der Waals surface area contributed by atoms with Gasteiger partial charge in [-0.05, 0) is 79.1 Å². The van der Waals surface area contributed by atoms with Crippen molar-refractivity contribution in [3.8, 4) is 0 Å². The fourth-order valence-electron chi connectivity index (χ4n) is 4.75. The first kappa shape index (κ1) is 24.1. The average molecular weight is 526 g/mol. The number of halogens is 1. The molecule has 0 spiro atoms. The molecule has 0 aromatic rings. The van der Waals surface area contributed by atoms with Crippen LogP contribution < -0.4 is 0 Å². The van der Waals surface area contributed by atoms with Crippen molar-refractivity contribution in [3.63, 3.8) is 0 Å². The van der Waals surface area contributed by atoms with E-state index in [-0.39, 0.29) is 37.1 Å². The summed E-state index contributed by atoms with van der Waals surface area (Å²) in [6.07, 6.45) is 8.47. The van der Waals surface area contributed by atoms with E-state index < -0.39 is 11.6 Å². The third-order valence-electron chi connectivity index (χ3n) is 6.08. The lowest BCUT2D eigenvalue weighted by molar-refractivity contribution is -0.239. The molecule has 0 aliphatic carbocycles. The Hall–Kier alpha value is 0.490. The van der Waals surface area contributed by atoms with Gasteiger partial charge in [0, 0.05) is 10.5 Å². The molecule has 3 fully saturated rings. The Balaban J connectivity index is 1.47. The van der Waals surface area contributed by atoms with E-state index in [9.17, 15) is 0 Å². The molecule has 3 aliphatic rings. The summed E-state index contributed by atoms with van der Waals surface area (Å²) in [5.74, 6) is -1.06. The maximum atomic E-state index is 9.15. The van der Waals surface area contributed by atoms with Crippen molar-refractivity contribution in [1.82, 2.24) is 0 Å². The summed E-state index contributed by atoms with van der Waals surface area (Å²) in [5.41, 5.74) is 0. The minimum absolute atomic E-state index is 0.0691. The molecule has 0 amide bonds. The predicted molar refractivity (Wildman–Crippen MR) is 119 cm³/mol. The number of hydrogen-bond donors (Lipinski definition) is 1. The molecule has 6 atom stereocenters. The summed E-state index contributed by atoms with van der Waals surface area (Å²) >= 11 is 2.54. The first-order valence-corrected chi connectivity index (χ1v) is 12.5. The number of aliphatic hydroxyl groups is 1. The number of rotatable bonds is 8. The maximum Gasteiger partial charge on any atom is 0.163 e.